The second kappa shape index (κ2) is 15.6. The van der Waals surface area contributed by atoms with Gasteiger partial charge in [-0.15, -0.1) is 0 Å². The van der Waals surface area contributed by atoms with E-state index in [-0.39, 0.29) is 39.3 Å². The molecule has 0 radical (unpaired) electrons. The number of benzene rings is 4. The van der Waals surface area contributed by atoms with Crippen LogP contribution in [0.4, 0.5) is 5.69 Å². The molecule has 4 rings (SSSR count). The van der Waals surface area contributed by atoms with Gasteiger partial charge in [-0.25, -0.2) is 8.42 Å². The van der Waals surface area contributed by atoms with E-state index in [0.29, 0.717) is 10.6 Å². The van der Waals surface area contributed by atoms with Crippen LogP contribution >= 0.6 is 34.8 Å². The lowest BCUT2D eigenvalue weighted by Gasteiger charge is -2.35. The fraction of sp³-hybridized carbons (Fsp3) is 0.278. The van der Waals surface area contributed by atoms with Crippen molar-refractivity contribution in [3.8, 4) is 5.75 Å². The average Bonchev–Trinajstić information content (AvgIpc) is 3.03. The normalized spacial score (nSPS) is 12.2. The van der Waals surface area contributed by atoms with Crippen LogP contribution in [0.5, 0.6) is 5.75 Å². The number of halogens is 3. The molecule has 0 saturated heterocycles. The molecule has 0 aliphatic rings. The number of amides is 2. The van der Waals surface area contributed by atoms with Crippen LogP contribution in [-0.2, 0) is 32.6 Å². The molecule has 4 aromatic carbocycles. The summed E-state index contributed by atoms with van der Waals surface area (Å²) in [5.41, 5.74) is 1.69. The number of nitrogens with zero attached hydrogens (tertiary/aromatic N) is 2. The summed E-state index contributed by atoms with van der Waals surface area (Å²) in [5, 5.41) is 3.84. The van der Waals surface area contributed by atoms with Crippen molar-refractivity contribution in [2.24, 2.45) is 0 Å². The molecule has 2 amide bonds. The first-order valence-corrected chi connectivity index (χ1v) is 17.7. The molecule has 0 fully saturated rings. The topological polar surface area (TPSA) is 96.0 Å². The maximum absolute atomic E-state index is 14.7. The van der Waals surface area contributed by atoms with Gasteiger partial charge in [-0.3, -0.25) is 13.9 Å². The third-order valence-electron chi connectivity index (χ3n) is 7.40. The third kappa shape index (κ3) is 9.44. The highest BCUT2D eigenvalue weighted by Gasteiger charge is 2.36. The van der Waals surface area contributed by atoms with Crippen LogP contribution in [0.2, 0.25) is 15.1 Å². The molecule has 0 aromatic heterocycles. The fourth-order valence-corrected chi connectivity index (χ4v) is 6.95. The Labute approximate surface area is 297 Å². The van der Waals surface area contributed by atoms with Gasteiger partial charge >= 0.3 is 0 Å². The van der Waals surface area contributed by atoms with Gasteiger partial charge in [0.1, 0.15) is 18.3 Å². The van der Waals surface area contributed by atoms with E-state index in [2.05, 4.69) is 5.32 Å². The van der Waals surface area contributed by atoms with Crippen molar-refractivity contribution in [2.75, 3.05) is 18.0 Å². The maximum atomic E-state index is 14.7. The number of carbonyl (C=O) groups excluding carboxylic acids is 2. The van der Waals surface area contributed by atoms with Crippen molar-refractivity contribution in [2.45, 2.75) is 57.1 Å². The smallest absolute Gasteiger partial charge is 0.264 e. The van der Waals surface area contributed by atoms with E-state index >= 15 is 0 Å². The first-order chi connectivity index (χ1) is 22.6. The van der Waals surface area contributed by atoms with Crippen molar-refractivity contribution >= 4 is 62.3 Å². The van der Waals surface area contributed by atoms with E-state index in [1.807, 2.05) is 58.0 Å². The Morgan fingerprint density at radius 1 is 0.854 bits per heavy atom. The molecule has 0 spiro atoms. The number of aryl methyl sites for hydroxylation is 1. The van der Waals surface area contributed by atoms with Gasteiger partial charge in [-0.05, 0) is 81.3 Å². The summed E-state index contributed by atoms with van der Waals surface area (Å²) in [6, 6.07) is 24.0. The zero-order valence-electron chi connectivity index (χ0n) is 27.3. The van der Waals surface area contributed by atoms with Crippen LogP contribution in [-0.4, -0.2) is 50.4 Å². The molecule has 0 aliphatic carbocycles. The molecule has 0 saturated carbocycles. The van der Waals surface area contributed by atoms with Crippen molar-refractivity contribution in [3.63, 3.8) is 0 Å². The molecule has 48 heavy (non-hydrogen) atoms. The highest BCUT2D eigenvalue weighted by Crippen LogP contribution is 2.35. The van der Waals surface area contributed by atoms with Crippen LogP contribution in [0.25, 0.3) is 0 Å². The summed E-state index contributed by atoms with van der Waals surface area (Å²) in [4.78, 5) is 30.1. The van der Waals surface area contributed by atoms with Gasteiger partial charge in [0, 0.05) is 23.5 Å². The largest absolute Gasteiger partial charge is 0.495 e. The number of sulfonamides is 1. The van der Waals surface area contributed by atoms with E-state index in [0.717, 1.165) is 15.4 Å². The number of rotatable bonds is 12. The predicted octanol–water partition coefficient (Wildman–Crippen LogP) is 7.71. The number of methoxy groups -OCH3 is 1. The van der Waals surface area contributed by atoms with E-state index in [1.54, 1.807) is 36.4 Å². The highest BCUT2D eigenvalue weighted by atomic mass is 35.5. The van der Waals surface area contributed by atoms with Gasteiger partial charge in [-0.1, -0.05) is 88.9 Å². The second-order valence-corrected chi connectivity index (χ2v) is 15.5. The molecular formula is C36H38Cl3N3O5S. The van der Waals surface area contributed by atoms with Gasteiger partial charge in [0.15, 0.2) is 0 Å². The predicted molar refractivity (Wildman–Crippen MR) is 193 cm³/mol. The first kappa shape index (κ1) is 37.1. The van der Waals surface area contributed by atoms with Crippen molar-refractivity contribution < 1.29 is 22.7 Å². The van der Waals surface area contributed by atoms with E-state index in [1.165, 1.54) is 36.3 Å². The number of hydrogen-bond acceptors (Lipinski definition) is 5. The first-order valence-electron chi connectivity index (χ1n) is 15.1. The van der Waals surface area contributed by atoms with Crippen LogP contribution in [0, 0.1) is 6.92 Å². The van der Waals surface area contributed by atoms with Crippen molar-refractivity contribution in [1.29, 1.82) is 0 Å². The summed E-state index contributed by atoms with van der Waals surface area (Å²) in [7, 11) is -2.96. The number of hydrogen-bond donors (Lipinski definition) is 1. The lowest BCUT2D eigenvalue weighted by atomic mass is 10.0. The molecule has 0 heterocycles. The second-order valence-electron chi connectivity index (χ2n) is 12.4. The minimum atomic E-state index is -4.36. The van der Waals surface area contributed by atoms with E-state index in [9.17, 15) is 18.0 Å². The lowest BCUT2D eigenvalue weighted by Crippen LogP contribution is -2.56. The molecule has 1 unspecified atom stereocenters. The molecule has 0 bridgehead atoms. The Morgan fingerprint density at radius 3 is 2.12 bits per heavy atom. The SMILES string of the molecule is COc1ccc(Cl)cc1N(CC(=O)N(Cc1ccc(Cl)c(Cl)c1)C(Cc1ccccc1)C(=O)NC(C)(C)C)S(=O)(=O)c1ccc(C)cc1. The summed E-state index contributed by atoms with van der Waals surface area (Å²) >= 11 is 18.9. The van der Waals surface area contributed by atoms with Crippen molar-refractivity contribution in [1.82, 2.24) is 10.2 Å². The van der Waals surface area contributed by atoms with E-state index < -0.39 is 40.0 Å². The Morgan fingerprint density at radius 2 is 1.52 bits per heavy atom. The van der Waals surface area contributed by atoms with Crippen molar-refractivity contribution in [3.05, 3.63) is 123 Å². The summed E-state index contributed by atoms with van der Waals surface area (Å²) in [6.07, 6.45) is 0.154. The quantitative estimate of drug-likeness (QED) is 0.161. The summed E-state index contributed by atoms with van der Waals surface area (Å²) < 4.78 is 35.2. The van der Waals surface area contributed by atoms with Gasteiger partial charge in [-0.2, -0.15) is 0 Å². The average molecular weight is 731 g/mol. The van der Waals surface area contributed by atoms with Crippen LogP contribution < -0.4 is 14.4 Å². The highest BCUT2D eigenvalue weighted by molar-refractivity contribution is 7.92. The Kier molecular flexibility index (Phi) is 12.1. The van der Waals surface area contributed by atoms with Crippen LogP contribution in [0.3, 0.4) is 0 Å². The van der Waals surface area contributed by atoms with Crippen LogP contribution in [0.15, 0.2) is 95.9 Å². The molecule has 8 nitrogen and oxygen atoms in total. The number of carbonyl (C=O) groups is 2. The molecular weight excluding hydrogens is 693 g/mol. The zero-order valence-corrected chi connectivity index (χ0v) is 30.4. The minimum absolute atomic E-state index is 0.0368. The molecule has 254 valence electrons. The molecule has 12 heteroatoms. The fourth-order valence-electron chi connectivity index (χ4n) is 5.05. The Hall–Kier alpha value is -3.76. The van der Waals surface area contributed by atoms with Gasteiger partial charge in [0.25, 0.3) is 10.0 Å². The third-order valence-corrected chi connectivity index (χ3v) is 10.2. The van der Waals surface area contributed by atoms with Gasteiger partial charge < -0.3 is 15.0 Å². The monoisotopic (exact) mass is 729 g/mol. The molecule has 1 atom stereocenters. The standard InChI is InChI=1S/C36H38Cl3N3O5S/c1-24-11-15-28(16-12-24)48(45,46)42(31-21-27(37)14-18-33(31)47-5)23-34(43)41(22-26-13-17-29(38)30(39)19-26)32(35(44)40-36(2,3)4)20-25-9-7-6-8-10-25/h6-19,21,32H,20,22-23H2,1-5H3,(H,40,44). The molecule has 0 aliphatic heterocycles. The Balaban J connectivity index is 1.88. The molecule has 4 aromatic rings. The lowest BCUT2D eigenvalue weighted by molar-refractivity contribution is -0.140. The number of anilines is 1. The van der Waals surface area contributed by atoms with Gasteiger partial charge in [0.05, 0.1) is 27.7 Å². The number of ether oxygens (including phenoxy) is 1. The maximum Gasteiger partial charge on any atom is 0.264 e. The zero-order chi connectivity index (χ0) is 35.2. The minimum Gasteiger partial charge on any atom is -0.495 e. The van der Waals surface area contributed by atoms with E-state index in [4.69, 9.17) is 39.5 Å². The van der Waals surface area contributed by atoms with Gasteiger partial charge in [0.2, 0.25) is 11.8 Å². The number of nitrogens with one attached hydrogen (secondary N) is 1. The molecule has 1 N–H and O–H groups in total. The van der Waals surface area contributed by atoms with Crippen LogP contribution in [0.1, 0.15) is 37.5 Å². The summed E-state index contributed by atoms with van der Waals surface area (Å²) in [6.45, 7) is 6.62. The summed E-state index contributed by atoms with van der Waals surface area (Å²) in [5.74, 6) is -0.873. The Bertz CT molecular complexity index is 1860.